The molecule has 0 radical (unpaired) electrons. The Morgan fingerprint density at radius 1 is 0.947 bits per heavy atom. The van der Waals surface area contributed by atoms with E-state index in [2.05, 4.69) is 4.90 Å². The fourth-order valence-corrected chi connectivity index (χ4v) is 4.45. The van der Waals surface area contributed by atoms with Crippen molar-refractivity contribution in [2.45, 2.75) is 63.8 Å². The molecule has 1 amide bonds. The third-order valence-electron chi connectivity index (χ3n) is 5.73. The molecule has 108 valence electrons. The Hall–Kier alpha value is -0.570. The summed E-state index contributed by atoms with van der Waals surface area (Å²) in [6, 6.07) is 0.266. The quantitative estimate of drug-likeness (QED) is 0.833. The van der Waals surface area contributed by atoms with Crippen molar-refractivity contribution in [3.63, 3.8) is 0 Å². The van der Waals surface area contributed by atoms with E-state index in [1.165, 1.54) is 38.5 Å². The average Bonchev–Trinajstić information content (AvgIpc) is 2.85. The molecular weight excluding hydrogens is 236 g/mol. The van der Waals surface area contributed by atoms with Crippen molar-refractivity contribution in [1.82, 2.24) is 4.90 Å². The van der Waals surface area contributed by atoms with Crippen molar-refractivity contribution in [1.29, 1.82) is 0 Å². The van der Waals surface area contributed by atoms with Gasteiger partial charge in [0, 0.05) is 25.6 Å². The summed E-state index contributed by atoms with van der Waals surface area (Å²) in [6.45, 7) is 2.07. The number of fused-ring (bicyclic) bond motifs is 1. The number of hydrogen-bond acceptors (Lipinski definition) is 2. The number of nitrogens with two attached hydrogens (primary N) is 1. The lowest BCUT2D eigenvalue weighted by atomic mass is 9.82. The molecule has 4 atom stereocenters. The maximum Gasteiger partial charge on any atom is 0.222 e. The van der Waals surface area contributed by atoms with Gasteiger partial charge in [0.2, 0.25) is 5.91 Å². The van der Waals surface area contributed by atoms with Crippen molar-refractivity contribution in [3.8, 4) is 0 Å². The van der Waals surface area contributed by atoms with E-state index in [9.17, 15) is 4.79 Å². The van der Waals surface area contributed by atoms with Gasteiger partial charge in [0.05, 0.1) is 0 Å². The van der Waals surface area contributed by atoms with Crippen LogP contribution in [0.1, 0.15) is 57.8 Å². The molecule has 2 N–H and O–H groups in total. The summed E-state index contributed by atoms with van der Waals surface area (Å²) in [4.78, 5) is 14.6. The molecule has 1 aliphatic heterocycles. The van der Waals surface area contributed by atoms with E-state index >= 15 is 0 Å². The van der Waals surface area contributed by atoms with Crippen molar-refractivity contribution in [2.75, 3.05) is 13.1 Å². The van der Waals surface area contributed by atoms with Gasteiger partial charge in [0.15, 0.2) is 0 Å². The first-order chi connectivity index (χ1) is 9.24. The first-order valence-electron chi connectivity index (χ1n) is 8.27. The lowest BCUT2D eigenvalue weighted by Gasteiger charge is -2.29. The number of nitrogens with zero attached hydrogens (tertiary/aromatic N) is 1. The molecule has 3 nitrogen and oxygen atoms in total. The van der Waals surface area contributed by atoms with Gasteiger partial charge in [-0.15, -0.1) is 0 Å². The van der Waals surface area contributed by atoms with Gasteiger partial charge in [-0.3, -0.25) is 4.79 Å². The summed E-state index contributed by atoms with van der Waals surface area (Å²) in [6.07, 6.45) is 10.9. The van der Waals surface area contributed by atoms with E-state index in [0.717, 1.165) is 37.8 Å². The lowest BCUT2D eigenvalue weighted by Crippen LogP contribution is -2.38. The Kier molecular flexibility index (Phi) is 4.11. The highest BCUT2D eigenvalue weighted by molar-refractivity contribution is 5.76. The zero-order valence-corrected chi connectivity index (χ0v) is 12.0. The molecule has 2 aliphatic carbocycles. The molecule has 0 aromatic rings. The van der Waals surface area contributed by atoms with E-state index in [4.69, 9.17) is 5.73 Å². The lowest BCUT2D eigenvalue weighted by molar-refractivity contribution is -0.131. The molecule has 1 saturated heterocycles. The minimum Gasteiger partial charge on any atom is -0.342 e. The smallest absolute Gasteiger partial charge is 0.222 e. The first kappa shape index (κ1) is 13.4. The maximum absolute atomic E-state index is 12.5. The Labute approximate surface area is 116 Å². The standard InChI is InChI=1S/C16H28N2O/c17-15-8-4-3-5-12(15)9-16(19)18-10-13-6-1-2-7-14(13)11-18/h12-15H,1-11,17H2. The van der Waals surface area contributed by atoms with Crippen LogP contribution >= 0.6 is 0 Å². The van der Waals surface area contributed by atoms with Gasteiger partial charge >= 0.3 is 0 Å². The summed E-state index contributed by atoms with van der Waals surface area (Å²) >= 11 is 0. The number of hydrogen-bond donors (Lipinski definition) is 1. The molecule has 1 heterocycles. The molecule has 3 fully saturated rings. The molecule has 3 rings (SSSR count). The summed E-state index contributed by atoms with van der Waals surface area (Å²) in [5.74, 6) is 2.44. The van der Waals surface area contributed by atoms with Crippen LogP contribution in [0, 0.1) is 17.8 Å². The van der Waals surface area contributed by atoms with E-state index in [1.807, 2.05) is 0 Å². The first-order valence-corrected chi connectivity index (χ1v) is 8.27. The zero-order chi connectivity index (χ0) is 13.2. The van der Waals surface area contributed by atoms with Crippen LogP contribution < -0.4 is 5.73 Å². The molecular formula is C16H28N2O. The van der Waals surface area contributed by atoms with E-state index in [-0.39, 0.29) is 6.04 Å². The number of likely N-dealkylation sites (tertiary alicyclic amines) is 1. The highest BCUT2D eigenvalue weighted by Crippen LogP contribution is 2.37. The Morgan fingerprint density at radius 2 is 1.53 bits per heavy atom. The fraction of sp³-hybridized carbons (Fsp3) is 0.938. The monoisotopic (exact) mass is 264 g/mol. The van der Waals surface area contributed by atoms with Gasteiger partial charge in [0.25, 0.3) is 0 Å². The highest BCUT2D eigenvalue weighted by Gasteiger charge is 2.37. The van der Waals surface area contributed by atoms with Crippen LogP contribution in [0.4, 0.5) is 0 Å². The van der Waals surface area contributed by atoms with Crippen molar-refractivity contribution >= 4 is 5.91 Å². The maximum atomic E-state index is 12.5. The molecule has 0 aromatic carbocycles. The van der Waals surface area contributed by atoms with E-state index in [1.54, 1.807) is 0 Å². The largest absolute Gasteiger partial charge is 0.342 e. The summed E-state index contributed by atoms with van der Waals surface area (Å²) < 4.78 is 0. The average molecular weight is 264 g/mol. The molecule has 2 saturated carbocycles. The van der Waals surface area contributed by atoms with Crippen LogP contribution in [0.5, 0.6) is 0 Å². The van der Waals surface area contributed by atoms with Gasteiger partial charge in [-0.2, -0.15) is 0 Å². The molecule has 4 unspecified atom stereocenters. The van der Waals surface area contributed by atoms with Crippen molar-refractivity contribution in [3.05, 3.63) is 0 Å². The normalized spacial score (nSPS) is 39.1. The van der Waals surface area contributed by atoms with Crippen LogP contribution in [0.3, 0.4) is 0 Å². The second kappa shape index (κ2) is 5.82. The summed E-state index contributed by atoms with van der Waals surface area (Å²) in [5, 5.41) is 0. The fourth-order valence-electron chi connectivity index (χ4n) is 4.45. The van der Waals surface area contributed by atoms with Gasteiger partial charge in [-0.25, -0.2) is 0 Å². The third kappa shape index (κ3) is 2.96. The Balaban J connectivity index is 1.53. The van der Waals surface area contributed by atoms with Crippen LogP contribution in [-0.2, 0) is 4.79 Å². The topological polar surface area (TPSA) is 46.3 Å². The van der Waals surface area contributed by atoms with Gasteiger partial charge in [-0.1, -0.05) is 25.7 Å². The third-order valence-corrected chi connectivity index (χ3v) is 5.73. The number of carbonyl (C=O) groups is 1. The van der Waals surface area contributed by atoms with Crippen LogP contribution in [-0.4, -0.2) is 29.9 Å². The Bertz CT molecular complexity index is 317. The van der Waals surface area contributed by atoms with E-state index < -0.39 is 0 Å². The number of carbonyl (C=O) groups excluding carboxylic acids is 1. The molecule has 0 bridgehead atoms. The predicted molar refractivity (Wildman–Crippen MR) is 76.6 cm³/mol. The zero-order valence-electron chi connectivity index (χ0n) is 12.0. The number of rotatable bonds is 2. The van der Waals surface area contributed by atoms with Crippen LogP contribution in [0.25, 0.3) is 0 Å². The number of amides is 1. The Morgan fingerprint density at radius 3 is 2.16 bits per heavy atom. The second-order valence-corrected chi connectivity index (χ2v) is 7.02. The molecule has 19 heavy (non-hydrogen) atoms. The van der Waals surface area contributed by atoms with Crippen molar-refractivity contribution in [2.24, 2.45) is 23.5 Å². The van der Waals surface area contributed by atoms with Crippen molar-refractivity contribution < 1.29 is 4.79 Å². The van der Waals surface area contributed by atoms with E-state index in [0.29, 0.717) is 18.2 Å². The summed E-state index contributed by atoms with van der Waals surface area (Å²) in [7, 11) is 0. The predicted octanol–water partition coefficient (Wildman–Crippen LogP) is 2.54. The molecule has 3 aliphatic rings. The van der Waals surface area contributed by atoms with Crippen LogP contribution in [0.2, 0.25) is 0 Å². The van der Waals surface area contributed by atoms with Gasteiger partial charge < -0.3 is 10.6 Å². The SMILES string of the molecule is NC1CCCCC1CC(=O)N1CC2CCCCC2C1. The second-order valence-electron chi connectivity index (χ2n) is 7.02. The minimum absolute atomic E-state index is 0.266. The molecule has 0 aromatic heterocycles. The summed E-state index contributed by atoms with van der Waals surface area (Å²) in [5.41, 5.74) is 6.17. The molecule has 3 heteroatoms. The molecule has 0 spiro atoms. The van der Waals surface area contributed by atoms with Gasteiger partial charge in [-0.05, 0) is 43.4 Å². The minimum atomic E-state index is 0.266. The van der Waals surface area contributed by atoms with Crippen LogP contribution in [0.15, 0.2) is 0 Å². The highest BCUT2D eigenvalue weighted by atomic mass is 16.2. The van der Waals surface area contributed by atoms with Gasteiger partial charge in [0.1, 0.15) is 0 Å².